The van der Waals surface area contributed by atoms with E-state index < -0.39 is 86.2 Å². The van der Waals surface area contributed by atoms with Crippen LogP contribution in [0.25, 0.3) is 0 Å². The van der Waals surface area contributed by atoms with Gasteiger partial charge in [-0.05, 0) is 111 Å². The van der Waals surface area contributed by atoms with Crippen LogP contribution in [0.3, 0.4) is 0 Å². The van der Waals surface area contributed by atoms with Crippen molar-refractivity contribution in [2.24, 2.45) is 34.5 Å². The lowest BCUT2D eigenvalue weighted by Crippen LogP contribution is -2.60. The number of allylic oxidation sites excluding steroid dienone is 1. The maximum absolute atomic E-state index is 13.2. The molecule has 56 heavy (non-hydrogen) atoms. The monoisotopic (exact) mass is 790 g/mol. The molecule has 0 unspecified atom stereocenters. The van der Waals surface area contributed by atoms with Gasteiger partial charge in [-0.1, -0.05) is 19.4 Å². The molecule has 7 rings (SSSR count). The summed E-state index contributed by atoms with van der Waals surface area (Å²) in [5.74, 6) is 0.171. The number of ether oxygens (including phenoxy) is 6. The molecule has 4 aliphatic carbocycles. The van der Waals surface area contributed by atoms with Gasteiger partial charge in [-0.2, -0.15) is 0 Å². The highest BCUT2D eigenvalue weighted by atomic mass is 16.7. The van der Waals surface area contributed by atoms with E-state index in [1.165, 1.54) is 37.8 Å². The van der Waals surface area contributed by atoms with E-state index in [0.29, 0.717) is 24.7 Å². The second-order valence-electron chi connectivity index (χ2n) is 17.5. The van der Waals surface area contributed by atoms with Gasteiger partial charge < -0.3 is 64.2 Å². The normalized spacial score (nSPS) is 45.5. The van der Waals surface area contributed by atoms with Gasteiger partial charge in [-0.15, -0.1) is 0 Å². The Morgan fingerprint density at radius 1 is 0.893 bits per heavy atom. The van der Waals surface area contributed by atoms with E-state index in [1.54, 1.807) is 0 Å². The minimum absolute atomic E-state index is 0.0314. The first-order valence-electron chi connectivity index (χ1n) is 20.0. The number of hydrogen-bond donors (Lipinski definition) is 7. The van der Waals surface area contributed by atoms with Crippen LogP contribution in [0.4, 0.5) is 0 Å². The number of aliphatic hydroxyl groups is 7. The van der Waals surface area contributed by atoms with E-state index in [1.807, 2.05) is 13.0 Å². The van der Waals surface area contributed by atoms with Gasteiger partial charge in [0.05, 0.1) is 31.0 Å². The van der Waals surface area contributed by atoms with E-state index in [4.69, 9.17) is 28.4 Å². The van der Waals surface area contributed by atoms with Crippen LogP contribution in [0.2, 0.25) is 0 Å². The molecule has 0 bridgehead atoms. The average molecular weight is 791 g/mol. The second-order valence-corrected chi connectivity index (χ2v) is 17.5. The van der Waals surface area contributed by atoms with Crippen LogP contribution in [-0.4, -0.2) is 135 Å². The number of esters is 1. The van der Waals surface area contributed by atoms with Crippen molar-refractivity contribution in [3.63, 3.8) is 0 Å². The van der Waals surface area contributed by atoms with E-state index in [0.717, 1.165) is 32.1 Å². The predicted molar refractivity (Wildman–Crippen MR) is 195 cm³/mol. The lowest BCUT2D eigenvalue weighted by Gasteiger charge is -2.58. The zero-order valence-corrected chi connectivity index (χ0v) is 32.6. The average Bonchev–Trinajstić information content (AvgIpc) is 3.46. The molecule has 0 radical (unpaired) electrons. The molecule has 7 N–H and O–H groups in total. The standard InChI is InChI=1S/C41H58O15/c1-18(25-16-26(43)30-23-8-7-21-15-22(42)10-12-40(21,3)24(23)11-13-41(25,30)4)53-38-36(49)34(47)32(45)29(56-38)17-52-37(50)20-6-9-27(28(14-20)51-5)55-39-35(48)33(46)31(44)19(2)54-39/h6,9,14-15,18-19,23-26,29-36,38-39,43-49H,7-8,10-13,16-17H2,1-5H3/t18-,19-,23+,24-,25+,26-,29+,30+,31-,32+,33+,34-,35+,36+,38+,39-,40-,41+/m0/s1. The summed E-state index contributed by atoms with van der Waals surface area (Å²) in [6, 6.07) is 4.07. The Bertz CT molecular complexity index is 1650. The molecule has 1 aromatic carbocycles. The van der Waals surface area contributed by atoms with Crippen molar-refractivity contribution in [1.82, 2.24) is 0 Å². The van der Waals surface area contributed by atoms with Crippen molar-refractivity contribution in [3.05, 3.63) is 35.4 Å². The molecule has 2 heterocycles. The molecule has 18 atom stereocenters. The summed E-state index contributed by atoms with van der Waals surface area (Å²) in [4.78, 5) is 25.4. The van der Waals surface area contributed by atoms with Gasteiger partial charge in [-0.25, -0.2) is 4.79 Å². The van der Waals surface area contributed by atoms with E-state index in [-0.39, 0.29) is 45.5 Å². The number of carbonyl (C=O) groups is 2. The SMILES string of the molecule is COc1cc(C(=O)OC[C@H]2O[C@@H](O[C@@H](C)[C@H]3C[C@H](O)[C@H]4[C@@H]5CCC6=CC(=O)CC[C@]6(C)[C@H]5CC[C@@]43C)[C@H](O)[C@@H](O)[C@@H]2O)ccc1O[C@@H]1O[C@@H](C)[C@H](O)[C@@H](O)[C@H]1O. The summed E-state index contributed by atoms with van der Waals surface area (Å²) in [5, 5.41) is 74.7. The lowest BCUT2D eigenvalue weighted by molar-refractivity contribution is -0.315. The number of carbonyl (C=O) groups excluding carboxylic acids is 2. The number of fused-ring (bicyclic) bond motifs is 5. The second kappa shape index (κ2) is 15.8. The van der Waals surface area contributed by atoms with E-state index in [2.05, 4.69) is 13.8 Å². The van der Waals surface area contributed by atoms with Crippen LogP contribution in [0.5, 0.6) is 11.5 Å². The summed E-state index contributed by atoms with van der Waals surface area (Å²) >= 11 is 0. The van der Waals surface area contributed by atoms with Crippen molar-refractivity contribution >= 4 is 11.8 Å². The highest BCUT2D eigenvalue weighted by Gasteiger charge is 2.63. The van der Waals surface area contributed by atoms with Gasteiger partial charge in [0.15, 0.2) is 23.6 Å². The fourth-order valence-electron chi connectivity index (χ4n) is 11.2. The fourth-order valence-corrected chi connectivity index (χ4v) is 11.2. The van der Waals surface area contributed by atoms with Crippen molar-refractivity contribution < 1.29 is 73.8 Å². The molecule has 1 aromatic rings. The molecule has 3 saturated carbocycles. The minimum Gasteiger partial charge on any atom is -0.493 e. The minimum atomic E-state index is -1.67. The summed E-state index contributed by atoms with van der Waals surface area (Å²) in [5.41, 5.74) is 0.992. The maximum Gasteiger partial charge on any atom is 0.338 e. The Labute approximate surface area is 326 Å². The first-order valence-corrected chi connectivity index (χ1v) is 20.0. The topological polar surface area (TPSA) is 231 Å². The first kappa shape index (κ1) is 41.5. The molecular weight excluding hydrogens is 732 g/mol. The molecule has 0 amide bonds. The Kier molecular flexibility index (Phi) is 11.7. The molecule has 312 valence electrons. The number of hydrogen-bond acceptors (Lipinski definition) is 15. The number of benzene rings is 1. The Morgan fingerprint density at radius 2 is 1.61 bits per heavy atom. The summed E-state index contributed by atoms with van der Waals surface area (Å²) < 4.78 is 34.4. The van der Waals surface area contributed by atoms with Crippen LogP contribution in [0, 0.1) is 34.5 Å². The van der Waals surface area contributed by atoms with E-state index >= 15 is 0 Å². The molecule has 2 saturated heterocycles. The maximum atomic E-state index is 13.2. The number of aliphatic hydroxyl groups excluding tert-OH is 7. The third-order valence-corrected chi connectivity index (χ3v) is 14.4. The zero-order chi connectivity index (χ0) is 40.4. The molecule has 0 spiro atoms. The summed E-state index contributed by atoms with van der Waals surface area (Å²) in [7, 11) is 1.33. The number of methoxy groups -OCH3 is 1. The largest absolute Gasteiger partial charge is 0.493 e. The van der Waals surface area contributed by atoms with Gasteiger partial charge in [-0.3, -0.25) is 4.79 Å². The summed E-state index contributed by atoms with van der Waals surface area (Å²) in [6.45, 7) is 7.42. The van der Waals surface area contributed by atoms with Gasteiger partial charge >= 0.3 is 5.97 Å². The Balaban J connectivity index is 0.981. The predicted octanol–water partition coefficient (Wildman–Crippen LogP) is 1.39. The highest BCUT2D eigenvalue weighted by Crippen LogP contribution is 2.67. The molecule has 0 aromatic heterocycles. The van der Waals surface area contributed by atoms with Gasteiger partial charge in [0.25, 0.3) is 0 Å². The van der Waals surface area contributed by atoms with Crippen molar-refractivity contribution in [1.29, 1.82) is 0 Å². The van der Waals surface area contributed by atoms with Gasteiger partial charge in [0, 0.05) is 6.42 Å². The molecule has 15 nitrogen and oxygen atoms in total. The Morgan fingerprint density at radius 3 is 2.34 bits per heavy atom. The molecule has 2 aliphatic heterocycles. The molecule has 6 aliphatic rings. The van der Waals surface area contributed by atoms with Gasteiger partial charge in [0.2, 0.25) is 6.29 Å². The van der Waals surface area contributed by atoms with Crippen LogP contribution in [-0.2, 0) is 23.7 Å². The smallest absolute Gasteiger partial charge is 0.338 e. The van der Waals surface area contributed by atoms with Crippen molar-refractivity contribution in [3.8, 4) is 11.5 Å². The molecule has 15 heteroatoms. The zero-order valence-electron chi connectivity index (χ0n) is 32.6. The summed E-state index contributed by atoms with van der Waals surface area (Å²) in [6.07, 6.45) is -7.68. The van der Waals surface area contributed by atoms with Crippen LogP contribution in [0.1, 0.15) is 83.0 Å². The van der Waals surface area contributed by atoms with E-state index in [9.17, 15) is 45.3 Å². The molecule has 5 fully saturated rings. The third kappa shape index (κ3) is 7.20. The molecular formula is C41H58O15. The van der Waals surface area contributed by atoms with Gasteiger partial charge in [0.1, 0.15) is 49.3 Å². The fraction of sp³-hybridized carbons (Fsp3) is 0.756. The van der Waals surface area contributed by atoms with Crippen LogP contribution >= 0.6 is 0 Å². The van der Waals surface area contributed by atoms with Crippen LogP contribution in [0.15, 0.2) is 29.8 Å². The Hall–Kier alpha value is -2.70. The van der Waals surface area contributed by atoms with Crippen molar-refractivity contribution in [2.45, 2.75) is 146 Å². The van der Waals surface area contributed by atoms with Crippen LogP contribution < -0.4 is 9.47 Å². The highest BCUT2D eigenvalue weighted by molar-refractivity contribution is 5.91. The lowest BCUT2D eigenvalue weighted by atomic mass is 9.46. The first-order chi connectivity index (χ1) is 26.5. The number of ketones is 1. The van der Waals surface area contributed by atoms with Crippen molar-refractivity contribution in [2.75, 3.05) is 13.7 Å². The quantitative estimate of drug-likeness (QED) is 0.175. The third-order valence-electron chi connectivity index (χ3n) is 14.4. The number of rotatable bonds is 9.